The van der Waals surface area contributed by atoms with Gasteiger partial charge in [0.1, 0.15) is 12.1 Å². The van der Waals surface area contributed by atoms with Crippen molar-refractivity contribution in [2.45, 2.75) is 51.1 Å². The van der Waals surface area contributed by atoms with Crippen LogP contribution in [-0.2, 0) is 9.84 Å². The van der Waals surface area contributed by atoms with Crippen molar-refractivity contribution in [1.29, 1.82) is 0 Å². The van der Waals surface area contributed by atoms with E-state index in [1.807, 2.05) is 6.92 Å². The molecule has 1 aromatic rings. The van der Waals surface area contributed by atoms with Crippen LogP contribution in [0.5, 0.6) is 0 Å². The minimum absolute atomic E-state index is 0.339. The minimum Gasteiger partial charge on any atom is -0.350 e. The van der Waals surface area contributed by atoms with Gasteiger partial charge in [0, 0.05) is 43.5 Å². The number of nitrogens with zero attached hydrogens (tertiary/aromatic N) is 4. The third-order valence-electron chi connectivity index (χ3n) is 5.79. The molecule has 3 aliphatic rings. The lowest BCUT2D eigenvalue weighted by molar-refractivity contribution is 0.185. The first-order chi connectivity index (χ1) is 12.0. The van der Waals surface area contributed by atoms with Crippen LogP contribution in [0.1, 0.15) is 37.8 Å². The molecule has 1 aromatic heterocycles. The Labute approximate surface area is 150 Å². The zero-order valence-electron chi connectivity index (χ0n) is 15.0. The smallest absolute Gasteiger partial charge is 0.150 e. The van der Waals surface area contributed by atoms with Crippen LogP contribution >= 0.6 is 0 Å². The SMILES string of the molecule is Cc1cc(N(C2CC2)C2CCN(CC3CCS(=O)(=O)C3)CC2)ncn1. The summed E-state index contributed by atoms with van der Waals surface area (Å²) in [5.74, 6) is 2.19. The van der Waals surface area contributed by atoms with E-state index in [2.05, 4.69) is 25.8 Å². The highest BCUT2D eigenvalue weighted by atomic mass is 32.2. The minimum atomic E-state index is -2.76. The summed E-state index contributed by atoms with van der Waals surface area (Å²) in [6, 6.07) is 3.30. The van der Waals surface area contributed by atoms with Crippen LogP contribution < -0.4 is 4.90 Å². The zero-order chi connectivity index (χ0) is 17.4. The number of anilines is 1. The molecule has 1 saturated carbocycles. The van der Waals surface area contributed by atoms with Gasteiger partial charge in [-0.1, -0.05) is 0 Å². The van der Waals surface area contributed by atoms with E-state index in [0.717, 1.165) is 50.4 Å². The van der Waals surface area contributed by atoms with E-state index in [0.29, 0.717) is 29.5 Å². The molecule has 2 saturated heterocycles. The van der Waals surface area contributed by atoms with Gasteiger partial charge >= 0.3 is 0 Å². The summed E-state index contributed by atoms with van der Waals surface area (Å²) in [5, 5.41) is 0. The average Bonchev–Trinajstić information content (AvgIpc) is 3.34. The summed E-state index contributed by atoms with van der Waals surface area (Å²) in [6.07, 6.45) is 7.33. The summed E-state index contributed by atoms with van der Waals surface area (Å²) in [4.78, 5) is 13.8. The molecule has 1 atom stereocenters. The maximum atomic E-state index is 11.7. The number of likely N-dealkylation sites (tertiary alicyclic amines) is 1. The summed E-state index contributed by atoms with van der Waals surface area (Å²) in [5.41, 5.74) is 1.02. The van der Waals surface area contributed by atoms with E-state index in [1.54, 1.807) is 6.33 Å². The molecule has 0 bridgehead atoms. The maximum Gasteiger partial charge on any atom is 0.150 e. The maximum absolute atomic E-state index is 11.7. The average molecular weight is 365 g/mol. The van der Waals surface area contributed by atoms with Crippen molar-refractivity contribution < 1.29 is 8.42 Å². The molecule has 1 unspecified atom stereocenters. The van der Waals surface area contributed by atoms with Gasteiger partial charge in [0.25, 0.3) is 0 Å². The molecule has 138 valence electrons. The molecule has 0 aromatic carbocycles. The summed E-state index contributed by atoms with van der Waals surface area (Å²) in [7, 11) is -2.76. The second-order valence-electron chi connectivity index (χ2n) is 7.96. The summed E-state index contributed by atoms with van der Waals surface area (Å²) in [6.45, 7) is 5.10. The number of aromatic nitrogens is 2. The highest BCUT2D eigenvalue weighted by Gasteiger charge is 2.37. The number of sulfone groups is 1. The van der Waals surface area contributed by atoms with Crippen LogP contribution in [0.3, 0.4) is 0 Å². The Balaban J connectivity index is 1.35. The molecule has 6 nitrogen and oxygen atoms in total. The van der Waals surface area contributed by atoms with E-state index in [1.165, 1.54) is 12.8 Å². The largest absolute Gasteiger partial charge is 0.350 e. The third kappa shape index (κ3) is 4.14. The molecule has 0 spiro atoms. The molecule has 3 fully saturated rings. The van der Waals surface area contributed by atoms with E-state index < -0.39 is 9.84 Å². The number of aryl methyl sites for hydroxylation is 1. The van der Waals surface area contributed by atoms with E-state index >= 15 is 0 Å². The Morgan fingerprint density at radius 1 is 1.12 bits per heavy atom. The molecule has 7 heteroatoms. The molecule has 0 amide bonds. The third-order valence-corrected chi connectivity index (χ3v) is 7.62. The van der Waals surface area contributed by atoms with Crippen molar-refractivity contribution in [2.75, 3.05) is 36.0 Å². The number of hydrogen-bond acceptors (Lipinski definition) is 6. The van der Waals surface area contributed by atoms with Gasteiger partial charge in [-0.2, -0.15) is 0 Å². The zero-order valence-corrected chi connectivity index (χ0v) is 15.8. The first-order valence-corrected chi connectivity index (χ1v) is 11.3. The molecule has 25 heavy (non-hydrogen) atoms. The highest BCUT2D eigenvalue weighted by Crippen LogP contribution is 2.35. The van der Waals surface area contributed by atoms with Crippen LogP contribution in [0, 0.1) is 12.8 Å². The molecule has 1 aliphatic carbocycles. The van der Waals surface area contributed by atoms with Crippen molar-refractivity contribution >= 4 is 15.7 Å². The quantitative estimate of drug-likeness (QED) is 0.791. The van der Waals surface area contributed by atoms with Crippen LogP contribution in [-0.4, -0.2) is 66.5 Å². The lowest BCUT2D eigenvalue weighted by Gasteiger charge is -2.40. The Hall–Kier alpha value is -1.21. The van der Waals surface area contributed by atoms with Gasteiger partial charge in [-0.3, -0.25) is 0 Å². The molecule has 2 aliphatic heterocycles. The van der Waals surface area contributed by atoms with Gasteiger partial charge in [-0.15, -0.1) is 0 Å². The predicted molar refractivity (Wildman–Crippen MR) is 98.5 cm³/mol. The molecule has 0 N–H and O–H groups in total. The number of rotatable bonds is 5. The standard InChI is InChI=1S/C18H28N4O2S/c1-14-10-18(20-13-19-14)22(16-2-3-16)17-4-7-21(8-5-17)11-15-6-9-25(23,24)12-15/h10,13,15-17H,2-9,11-12H2,1H3. The van der Waals surface area contributed by atoms with Gasteiger partial charge in [0.05, 0.1) is 11.5 Å². The Bertz CT molecular complexity index is 712. The van der Waals surface area contributed by atoms with Gasteiger partial charge < -0.3 is 9.80 Å². The lowest BCUT2D eigenvalue weighted by atomic mass is 10.0. The van der Waals surface area contributed by atoms with Gasteiger partial charge in [-0.05, 0) is 44.9 Å². The Morgan fingerprint density at radius 3 is 2.44 bits per heavy atom. The fourth-order valence-corrected chi connectivity index (χ4v) is 6.22. The topological polar surface area (TPSA) is 66.4 Å². The summed E-state index contributed by atoms with van der Waals surface area (Å²) >= 11 is 0. The number of piperidine rings is 1. The van der Waals surface area contributed by atoms with Crippen molar-refractivity contribution in [2.24, 2.45) is 5.92 Å². The lowest BCUT2D eigenvalue weighted by Crippen LogP contribution is -2.47. The van der Waals surface area contributed by atoms with E-state index in [4.69, 9.17) is 0 Å². The Morgan fingerprint density at radius 2 is 1.84 bits per heavy atom. The van der Waals surface area contributed by atoms with Gasteiger partial charge in [0.2, 0.25) is 0 Å². The molecular formula is C18H28N4O2S. The monoisotopic (exact) mass is 364 g/mol. The second kappa shape index (κ2) is 6.83. The first-order valence-electron chi connectivity index (χ1n) is 9.50. The predicted octanol–water partition coefficient (Wildman–Crippen LogP) is 1.65. The second-order valence-corrected chi connectivity index (χ2v) is 10.2. The van der Waals surface area contributed by atoms with Crippen molar-refractivity contribution in [3.05, 3.63) is 18.1 Å². The van der Waals surface area contributed by atoms with E-state index in [-0.39, 0.29) is 0 Å². The van der Waals surface area contributed by atoms with Crippen LogP contribution in [0.4, 0.5) is 5.82 Å². The summed E-state index contributed by atoms with van der Waals surface area (Å²) < 4.78 is 23.3. The van der Waals surface area contributed by atoms with Crippen LogP contribution in [0.2, 0.25) is 0 Å². The molecule has 3 heterocycles. The molecular weight excluding hydrogens is 336 g/mol. The van der Waals surface area contributed by atoms with Gasteiger partial charge in [-0.25, -0.2) is 18.4 Å². The highest BCUT2D eigenvalue weighted by molar-refractivity contribution is 7.91. The normalized spacial score (nSPS) is 27.5. The van der Waals surface area contributed by atoms with Crippen molar-refractivity contribution in [1.82, 2.24) is 14.9 Å². The fraction of sp³-hybridized carbons (Fsp3) is 0.778. The molecule has 0 radical (unpaired) electrons. The molecule has 4 rings (SSSR count). The van der Waals surface area contributed by atoms with Crippen molar-refractivity contribution in [3.8, 4) is 0 Å². The van der Waals surface area contributed by atoms with Crippen LogP contribution in [0.25, 0.3) is 0 Å². The Kier molecular flexibility index (Phi) is 4.71. The van der Waals surface area contributed by atoms with E-state index in [9.17, 15) is 8.42 Å². The first kappa shape index (κ1) is 17.2. The fourth-order valence-electron chi connectivity index (χ4n) is 4.37. The van der Waals surface area contributed by atoms with Gasteiger partial charge in [0.15, 0.2) is 9.84 Å². The van der Waals surface area contributed by atoms with Crippen LogP contribution in [0.15, 0.2) is 12.4 Å². The number of hydrogen-bond donors (Lipinski definition) is 0. The van der Waals surface area contributed by atoms with Crippen molar-refractivity contribution in [3.63, 3.8) is 0 Å².